The lowest BCUT2D eigenvalue weighted by Gasteiger charge is -2.22. The van der Waals surface area contributed by atoms with Crippen molar-refractivity contribution >= 4 is 0 Å². The predicted molar refractivity (Wildman–Crippen MR) is 53.4 cm³/mol. The molecule has 0 saturated carbocycles. The van der Waals surface area contributed by atoms with Crippen molar-refractivity contribution in [2.75, 3.05) is 13.2 Å². The summed E-state index contributed by atoms with van der Waals surface area (Å²) in [5.74, 6) is 0.529. The minimum atomic E-state index is 0.167. The number of rotatable bonds is 2. The highest BCUT2D eigenvalue weighted by atomic mass is 16.5. The Hall–Kier alpha value is -1.60. The normalized spacial score (nSPS) is 17.0. The van der Waals surface area contributed by atoms with Gasteiger partial charge in [-0.25, -0.2) is 4.98 Å². The molecule has 1 aliphatic heterocycles. The summed E-state index contributed by atoms with van der Waals surface area (Å²) in [6.45, 7) is 1.48. The van der Waals surface area contributed by atoms with Crippen molar-refractivity contribution in [2.24, 2.45) is 0 Å². The van der Waals surface area contributed by atoms with Gasteiger partial charge in [-0.05, 0) is 6.07 Å². The van der Waals surface area contributed by atoms with Gasteiger partial charge in [0.15, 0.2) is 0 Å². The van der Waals surface area contributed by atoms with E-state index in [1.807, 2.05) is 0 Å². The zero-order valence-corrected chi connectivity index (χ0v) is 8.35. The standard InChI is InChI=1S/C11H12N2O2/c12-8-9-1-4-13-11(7-9)15-10-2-5-14-6-3-10/h1,4,7,10H,2-3,5-6H2. The minimum Gasteiger partial charge on any atom is -0.474 e. The summed E-state index contributed by atoms with van der Waals surface area (Å²) in [7, 11) is 0. The summed E-state index contributed by atoms with van der Waals surface area (Å²) in [5, 5.41) is 8.71. The molecule has 0 spiro atoms. The Labute approximate surface area is 88.5 Å². The molecule has 15 heavy (non-hydrogen) atoms. The molecule has 0 N–H and O–H groups in total. The fourth-order valence-corrected chi connectivity index (χ4v) is 1.51. The highest BCUT2D eigenvalue weighted by Gasteiger charge is 2.15. The lowest BCUT2D eigenvalue weighted by Crippen LogP contribution is -2.26. The van der Waals surface area contributed by atoms with Gasteiger partial charge in [-0.2, -0.15) is 5.26 Å². The molecule has 0 amide bonds. The van der Waals surface area contributed by atoms with E-state index in [1.165, 1.54) is 0 Å². The van der Waals surface area contributed by atoms with Gasteiger partial charge in [0.1, 0.15) is 6.10 Å². The third-order valence-corrected chi connectivity index (χ3v) is 2.32. The van der Waals surface area contributed by atoms with Crippen LogP contribution in [-0.4, -0.2) is 24.3 Å². The third kappa shape index (κ3) is 2.67. The summed E-state index contributed by atoms with van der Waals surface area (Å²) >= 11 is 0. The number of nitrogens with zero attached hydrogens (tertiary/aromatic N) is 2. The summed E-state index contributed by atoms with van der Waals surface area (Å²) in [4.78, 5) is 4.07. The Morgan fingerprint density at radius 2 is 2.27 bits per heavy atom. The summed E-state index contributed by atoms with van der Waals surface area (Å²) in [5.41, 5.74) is 0.576. The second-order valence-corrected chi connectivity index (χ2v) is 3.42. The molecule has 0 atom stereocenters. The van der Waals surface area contributed by atoms with E-state index < -0.39 is 0 Å². The molecule has 0 radical (unpaired) electrons. The van der Waals surface area contributed by atoms with Crippen molar-refractivity contribution < 1.29 is 9.47 Å². The van der Waals surface area contributed by atoms with Gasteiger partial charge in [-0.1, -0.05) is 0 Å². The maximum Gasteiger partial charge on any atom is 0.214 e. The van der Waals surface area contributed by atoms with Crippen LogP contribution in [-0.2, 0) is 4.74 Å². The fraction of sp³-hybridized carbons (Fsp3) is 0.455. The van der Waals surface area contributed by atoms with E-state index in [0.717, 1.165) is 26.1 Å². The number of hydrogen-bond acceptors (Lipinski definition) is 4. The first-order valence-corrected chi connectivity index (χ1v) is 4.99. The zero-order chi connectivity index (χ0) is 10.5. The molecule has 4 heteroatoms. The van der Waals surface area contributed by atoms with Gasteiger partial charge in [0.2, 0.25) is 5.88 Å². The average Bonchev–Trinajstić information content (AvgIpc) is 2.31. The molecular formula is C11H12N2O2. The number of ether oxygens (including phenoxy) is 2. The maximum atomic E-state index is 8.71. The van der Waals surface area contributed by atoms with Crippen LogP contribution in [0.4, 0.5) is 0 Å². The number of nitriles is 1. The van der Waals surface area contributed by atoms with Gasteiger partial charge < -0.3 is 9.47 Å². The third-order valence-electron chi connectivity index (χ3n) is 2.32. The van der Waals surface area contributed by atoms with E-state index in [0.29, 0.717) is 11.4 Å². The average molecular weight is 204 g/mol. The lowest BCUT2D eigenvalue weighted by atomic mass is 10.1. The highest BCUT2D eigenvalue weighted by Crippen LogP contribution is 2.16. The first-order chi connectivity index (χ1) is 7.38. The minimum absolute atomic E-state index is 0.167. The monoisotopic (exact) mass is 204 g/mol. The largest absolute Gasteiger partial charge is 0.474 e. The van der Waals surface area contributed by atoms with Crippen LogP contribution in [0.5, 0.6) is 5.88 Å². The molecule has 2 rings (SSSR count). The van der Waals surface area contributed by atoms with E-state index in [2.05, 4.69) is 11.1 Å². The van der Waals surface area contributed by atoms with Crippen LogP contribution in [0.1, 0.15) is 18.4 Å². The van der Waals surface area contributed by atoms with Gasteiger partial charge in [0.05, 0.1) is 24.8 Å². The fourth-order valence-electron chi connectivity index (χ4n) is 1.51. The van der Waals surface area contributed by atoms with E-state index in [9.17, 15) is 0 Å². The van der Waals surface area contributed by atoms with Crippen molar-refractivity contribution in [3.8, 4) is 11.9 Å². The molecule has 1 fully saturated rings. The molecule has 2 heterocycles. The van der Waals surface area contributed by atoms with Crippen molar-refractivity contribution in [1.82, 2.24) is 4.98 Å². The molecule has 1 aromatic rings. The van der Waals surface area contributed by atoms with E-state index in [4.69, 9.17) is 14.7 Å². The second-order valence-electron chi connectivity index (χ2n) is 3.42. The lowest BCUT2D eigenvalue weighted by molar-refractivity contribution is 0.0237. The molecule has 0 bridgehead atoms. The Morgan fingerprint density at radius 3 is 3.00 bits per heavy atom. The van der Waals surface area contributed by atoms with Crippen molar-refractivity contribution in [3.05, 3.63) is 23.9 Å². The molecule has 0 unspecified atom stereocenters. The number of aromatic nitrogens is 1. The molecule has 1 aromatic heterocycles. The van der Waals surface area contributed by atoms with Crippen LogP contribution in [0.15, 0.2) is 18.3 Å². The number of pyridine rings is 1. The molecule has 0 aromatic carbocycles. The molecule has 0 aliphatic carbocycles. The first kappa shape index (κ1) is 9.94. The van der Waals surface area contributed by atoms with Crippen LogP contribution in [0.25, 0.3) is 0 Å². The van der Waals surface area contributed by atoms with E-state index in [-0.39, 0.29) is 6.10 Å². The van der Waals surface area contributed by atoms with Crippen molar-refractivity contribution in [1.29, 1.82) is 5.26 Å². The van der Waals surface area contributed by atoms with Crippen LogP contribution < -0.4 is 4.74 Å². The predicted octanol–water partition coefficient (Wildman–Crippen LogP) is 1.51. The Kier molecular flexibility index (Phi) is 3.15. The van der Waals surface area contributed by atoms with Gasteiger partial charge in [-0.15, -0.1) is 0 Å². The molecule has 1 aliphatic rings. The topological polar surface area (TPSA) is 55.1 Å². The van der Waals surface area contributed by atoms with Gasteiger partial charge in [0.25, 0.3) is 0 Å². The highest BCUT2D eigenvalue weighted by molar-refractivity contribution is 5.31. The van der Waals surface area contributed by atoms with Crippen LogP contribution >= 0.6 is 0 Å². The van der Waals surface area contributed by atoms with Crippen molar-refractivity contribution in [2.45, 2.75) is 18.9 Å². The summed E-state index contributed by atoms with van der Waals surface area (Å²) in [6.07, 6.45) is 3.53. The summed E-state index contributed by atoms with van der Waals surface area (Å²) in [6, 6.07) is 5.39. The zero-order valence-electron chi connectivity index (χ0n) is 8.35. The Morgan fingerprint density at radius 1 is 1.47 bits per heavy atom. The molecular weight excluding hydrogens is 192 g/mol. The van der Waals surface area contributed by atoms with Crippen LogP contribution in [0, 0.1) is 11.3 Å². The van der Waals surface area contributed by atoms with E-state index in [1.54, 1.807) is 18.3 Å². The van der Waals surface area contributed by atoms with E-state index >= 15 is 0 Å². The maximum absolute atomic E-state index is 8.71. The molecule has 78 valence electrons. The van der Waals surface area contributed by atoms with Crippen LogP contribution in [0.3, 0.4) is 0 Å². The van der Waals surface area contributed by atoms with Gasteiger partial charge in [0, 0.05) is 25.1 Å². The van der Waals surface area contributed by atoms with Crippen LogP contribution in [0.2, 0.25) is 0 Å². The second kappa shape index (κ2) is 4.76. The smallest absolute Gasteiger partial charge is 0.214 e. The van der Waals surface area contributed by atoms with Gasteiger partial charge >= 0.3 is 0 Å². The number of hydrogen-bond donors (Lipinski definition) is 0. The molecule has 4 nitrogen and oxygen atoms in total. The van der Waals surface area contributed by atoms with Gasteiger partial charge in [-0.3, -0.25) is 0 Å². The first-order valence-electron chi connectivity index (χ1n) is 4.99. The Bertz CT molecular complexity index is 367. The van der Waals surface area contributed by atoms with Crippen molar-refractivity contribution in [3.63, 3.8) is 0 Å². The summed E-state index contributed by atoms with van der Waals surface area (Å²) < 4.78 is 10.9. The SMILES string of the molecule is N#Cc1ccnc(OC2CCOCC2)c1. The molecule has 1 saturated heterocycles. The quantitative estimate of drug-likeness (QED) is 0.732. The Balaban J connectivity index is 2.00.